The molecule has 1 heterocycles. The number of rotatable bonds is 9. The number of hydrogen-bond acceptors (Lipinski definition) is 4. The molecule has 6 nitrogen and oxygen atoms in total. The van der Waals surface area contributed by atoms with Crippen LogP contribution in [-0.4, -0.2) is 35.0 Å². The normalized spacial score (nSPS) is 12.0. The molecular formula is C20H27N3O3. The van der Waals surface area contributed by atoms with Gasteiger partial charge in [-0.1, -0.05) is 56.3 Å². The van der Waals surface area contributed by atoms with E-state index in [0.29, 0.717) is 24.7 Å². The Kier molecular flexibility index (Phi) is 7.38. The summed E-state index contributed by atoms with van der Waals surface area (Å²) in [6.07, 6.45) is 2.92. The van der Waals surface area contributed by atoms with Gasteiger partial charge in [-0.05, 0) is 24.3 Å². The van der Waals surface area contributed by atoms with E-state index in [1.165, 1.54) is 6.26 Å². The van der Waals surface area contributed by atoms with E-state index in [1.807, 2.05) is 37.3 Å². The zero-order valence-electron chi connectivity index (χ0n) is 15.6. The minimum absolute atomic E-state index is 0.00173. The van der Waals surface area contributed by atoms with E-state index in [-0.39, 0.29) is 24.3 Å². The smallest absolute Gasteiger partial charge is 0.245 e. The number of carbonyl (C=O) groups excluding carboxylic acids is 2. The molecular weight excluding hydrogens is 330 g/mol. The van der Waals surface area contributed by atoms with Crippen LogP contribution in [0.3, 0.4) is 0 Å². The highest BCUT2D eigenvalue weighted by atomic mass is 16.5. The highest BCUT2D eigenvalue weighted by Gasteiger charge is 2.26. The van der Waals surface area contributed by atoms with E-state index in [4.69, 9.17) is 4.52 Å². The molecule has 6 heteroatoms. The van der Waals surface area contributed by atoms with E-state index in [0.717, 1.165) is 12.0 Å². The van der Waals surface area contributed by atoms with E-state index in [9.17, 15) is 9.59 Å². The van der Waals surface area contributed by atoms with Crippen molar-refractivity contribution in [1.82, 2.24) is 10.1 Å². The first-order valence-corrected chi connectivity index (χ1v) is 9.05. The summed E-state index contributed by atoms with van der Waals surface area (Å²) < 4.78 is 4.71. The molecule has 1 aromatic carbocycles. The first kappa shape index (κ1) is 19.7. The molecule has 0 saturated heterocycles. The summed E-state index contributed by atoms with van der Waals surface area (Å²) >= 11 is 0. The molecule has 0 spiro atoms. The topological polar surface area (TPSA) is 75.4 Å². The fourth-order valence-electron chi connectivity index (χ4n) is 2.77. The van der Waals surface area contributed by atoms with Gasteiger partial charge in [0.2, 0.25) is 11.8 Å². The van der Waals surface area contributed by atoms with Gasteiger partial charge in [0.1, 0.15) is 6.26 Å². The van der Waals surface area contributed by atoms with Crippen LogP contribution in [0.1, 0.15) is 45.1 Å². The summed E-state index contributed by atoms with van der Waals surface area (Å²) in [5.74, 6) is 0.249. The Labute approximate surface area is 154 Å². The molecule has 0 fully saturated rings. The van der Waals surface area contributed by atoms with Gasteiger partial charge in [0, 0.05) is 12.6 Å². The Morgan fingerprint density at radius 2 is 1.92 bits per heavy atom. The van der Waals surface area contributed by atoms with Crippen LogP contribution in [0.15, 0.2) is 47.2 Å². The van der Waals surface area contributed by atoms with E-state index < -0.39 is 0 Å². The van der Waals surface area contributed by atoms with Crippen LogP contribution in [0.4, 0.5) is 5.82 Å². The Bertz CT molecular complexity index is 684. The standard InChI is InChI=1S/C20H27N3O3/c1-4-17(16-8-6-5-7-9-16)20(25)23(12-10-15(2)3)14-19(24)21-18-11-13-26-22-18/h5-9,11,13,15,17H,4,10,12,14H2,1-3H3,(H,21,22,24). The molecule has 0 bridgehead atoms. The van der Waals surface area contributed by atoms with Crippen molar-refractivity contribution < 1.29 is 14.1 Å². The van der Waals surface area contributed by atoms with Crippen LogP contribution < -0.4 is 5.32 Å². The summed E-state index contributed by atoms with van der Waals surface area (Å²) in [5, 5.41) is 6.32. The second kappa shape index (κ2) is 9.75. The largest absolute Gasteiger partial charge is 0.363 e. The third-order valence-corrected chi connectivity index (χ3v) is 4.24. The lowest BCUT2D eigenvalue weighted by molar-refractivity contribution is -0.136. The summed E-state index contributed by atoms with van der Waals surface area (Å²) in [6.45, 7) is 6.75. The minimum Gasteiger partial charge on any atom is -0.363 e. The number of nitrogens with zero attached hydrogens (tertiary/aromatic N) is 2. The summed E-state index contributed by atoms with van der Waals surface area (Å²) in [7, 11) is 0. The van der Waals surface area contributed by atoms with Gasteiger partial charge in [-0.3, -0.25) is 9.59 Å². The molecule has 0 aliphatic carbocycles. The predicted molar refractivity (Wildman–Crippen MR) is 101 cm³/mol. The molecule has 2 rings (SSSR count). The zero-order chi connectivity index (χ0) is 18.9. The number of aromatic nitrogens is 1. The van der Waals surface area contributed by atoms with E-state index in [2.05, 4.69) is 24.3 Å². The number of amides is 2. The molecule has 0 radical (unpaired) electrons. The molecule has 140 valence electrons. The second-order valence-corrected chi connectivity index (χ2v) is 6.75. The number of anilines is 1. The van der Waals surface area contributed by atoms with Gasteiger partial charge in [-0.25, -0.2) is 0 Å². The van der Waals surface area contributed by atoms with Gasteiger partial charge in [0.15, 0.2) is 5.82 Å². The minimum atomic E-state index is -0.279. The maximum atomic E-state index is 13.1. The van der Waals surface area contributed by atoms with E-state index in [1.54, 1.807) is 11.0 Å². The Balaban J connectivity index is 2.11. The average molecular weight is 357 g/mol. The lowest BCUT2D eigenvalue weighted by Crippen LogP contribution is -2.41. The summed E-state index contributed by atoms with van der Waals surface area (Å²) in [4.78, 5) is 27.1. The Morgan fingerprint density at radius 3 is 2.50 bits per heavy atom. The van der Waals surface area contributed by atoms with Crippen LogP contribution >= 0.6 is 0 Å². The SMILES string of the molecule is CCC(C(=O)N(CCC(C)C)CC(=O)Nc1ccon1)c1ccccc1. The van der Waals surface area contributed by atoms with Gasteiger partial charge in [-0.2, -0.15) is 0 Å². The molecule has 26 heavy (non-hydrogen) atoms. The van der Waals surface area contributed by atoms with E-state index >= 15 is 0 Å². The lowest BCUT2D eigenvalue weighted by Gasteiger charge is -2.27. The molecule has 0 aliphatic rings. The number of benzene rings is 1. The molecule has 1 unspecified atom stereocenters. The monoisotopic (exact) mass is 357 g/mol. The molecule has 1 aromatic heterocycles. The van der Waals surface area contributed by atoms with Crippen molar-refractivity contribution in [3.05, 3.63) is 48.2 Å². The Hall–Kier alpha value is -2.63. The van der Waals surface area contributed by atoms with Crippen molar-refractivity contribution in [1.29, 1.82) is 0 Å². The predicted octanol–water partition coefficient (Wildman–Crippen LogP) is 3.68. The lowest BCUT2D eigenvalue weighted by atomic mass is 9.94. The van der Waals surface area contributed by atoms with Gasteiger partial charge in [-0.15, -0.1) is 0 Å². The summed E-state index contributed by atoms with van der Waals surface area (Å²) in [6, 6.07) is 11.3. The molecule has 2 amide bonds. The van der Waals surface area contributed by atoms with Gasteiger partial charge >= 0.3 is 0 Å². The highest BCUT2D eigenvalue weighted by Crippen LogP contribution is 2.22. The first-order chi connectivity index (χ1) is 12.5. The second-order valence-electron chi connectivity index (χ2n) is 6.75. The highest BCUT2D eigenvalue weighted by molar-refractivity contribution is 5.94. The molecule has 0 aliphatic heterocycles. The number of carbonyl (C=O) groups is 2. The van der Waals surface area contributed by atoms with Crippen molar-refractivity contribution in [3.63, 3.8) is 0 Å². The third kappa shape index (κ3) is 5.72. The van der Waals surface area contributed by atoms with Crippen molar-refractivity contribution >= 4 is 17.6 Å². The first-order valence-electron chi connectivity index (χ1n) is 9.05. The van der Waals surface area contributed by atoms with Crippen molar-refractivity contribution in [2.24, 2.45) is 5.92 Å². The molecule has 1 N–H and O–H groups in total. The molecule has 2 aromatic rings. The zero-order valence-corrected chi connectivity index (χ0v) is 15.6. The van der Waals surface area contributed by atoms with Crippen LogP contribution in [0.2, 0.25) is 0 Å². The van der Waals surface area contributed by atoms with Gasteiger partial charge in [0.25, 0.3) is 0 Å². The van der Waals surface area contributed by atoms with Gasteiger partial charge in [0.05, 0.1) is 12.5 Å². The maximum absolute atomic E-state index is 13.1. The van der Waals surface area contributed by atoms with Crippen molar-refractivity contribution in [2.45, 2.75) is 39.5 Å². The maximum Gasteiger partial charge on any atom is 0.245 e. The Morgan fingerprint density at radius 1 is 1.19 bits per heavy atom. The van der Waals surface area contributed by atoms with Crippen molar-refractivity contribution in [3.8, 4) is 0 Å². The third-order valence-electron chi connectivity index (χ3n) is 4.24. The molecule has 0 saturated carbocycles. The fraction of sp³-hybridized carbons (Fsp3) is 0.450. The number of hydrogen-bond donors (Lipinski definition) is 1. The molecule has 1 atom stereocenters. The van der Waals surface area contributed by atoms with Gasteiger partial charge < -0.3 is 14.7 Å². The van der Waals surface area contributed by atoms with Crippen LogP contribution in [0.25, 0.3) is 0 Å². The van der Waals surface area contributed by atoms with Crippen LogP contribution in [0.5, 0.6) is 0 Å². The number of nitrogens with one attached hydrogen (secondary N) is 1. The summed E-state index contributed by atoms with van der Waals surface area (Å²) in [5.41, 5.74) is 0.978. The van der Waals surface area contributed by atoms with Crippen LogP contribution in [0, 0.1) is 5.92 Å². The average Bonchev–Trinajstić information content (AvgIpc) is 3.12. The quantitative estimate of drug-likeness (QED) is 0.743. The van der Waals surface area contributed by atoms with Crippen LogP contribution in [-0.2, 0) is 9.59 Å². The van der Waals surface area contributed by atoms with Crippen molar-refractivity contribution in [2.75, 3.05) is 18.4 Å². The fourth-order valence-corrected chi connectivity index (χ4v) is 2.77.